The van der Waals surface area contributed by atoms with Gasteiger partial charge in [-0.3, -0.25) is 4.79 Å². The molecular formula is C22H29FN6O2. The average molecular weight is 429 g/mol. The first-order chi connectivity index (χ1) is 15.0. The van der Waals surface area contributed by atoms with Gasteiger partial charge in [-0.2, -0.15) is 0 Å². The van der Waals surface area contributed by atoms with E-state index in [1.807, 2.05) is 4.90 Å². The summed E-state index contributed by atoms with van der Waals surface area (Å²) in [6, 6.07) is 6.16. The van der Waals surface area contributed by atoms with Crippen LogP contribution >= 0.6 is 0 Å². The minimum atomic E-state index is -0.335. The van der Waals surface area contributed by atoms with Crippen LogP contribution in [0, 0.1) is 12.7 Å². The smallest absolute Gasteiger partial charge is 0.317 e. The van der Waals surface area contributed by atoms with E-state index in [1.54, 1.807) is 19.1 Å². The number of nitrogens with zero attached hydrogens (tertiary/aromatic N) is 4. The zero-order chi connectivity index (χ0) is 21.8. The number of rotatable bonds is 4. The summed E-state index contributed by atoms with van der Waals surface area (Å²) >= 11 is 0. The van der Waals surface area contributed by atoms with Gasteiger partial charge in [0.05, 0.1) is 11.4 Å². The van der Waals surface area contributed by atoms with E-state index in [4.69, 9.17) is 0 Å². The van der Waals surface area contributed by atoms with E-state index in [0.29, 0.717) is 43.4 Å². The highest BCUT2D eigenvalue weighted by Gasteiger charge is 2.27. The summed E-state index contributed by atoms with van der Waals surface area (Å²) < 4.78 is 14.7. The molecule has 1 saturated heterocycles. The lowest BCUT2D eigenvalue weighted by Gasteiger charge is -2.34. The highest BCUT2D eigenvalue weighted by Crippen LogP contribution is 2.19. The maximum atomic E-state index is 13.2. The summed E-state index contributed by atoms with van der Waals surface area (Å²) in [6.07, 6.45) is 7.17. The van der Waals surface area contributed by atoms with Gasteiger partial charge in [-0.05, 0) is 56.9 Å². The fraction of sp³-hybridized carbons (Fsp3) is 0.545. The molecule has 166 valence electrons. The number of hydrogen-bond acceptors (Lipinski definition) is 4. The van der Waals surface area contributed by atoms with E-state index in [1.165, 1.54) is 36.1 Å². The Kier molecular flexibility index (Phi) is 6.48. The Labute approximate surface area is 181 Å². The summed E-state index contributed by atoms with van der Waals surface area (Å²) in [5.74, 6) is -0.616. The molecule has 0 atom stereocenters. The van der Waals surface area contributed by atoms with Crippen LogP contribution in [-0.4, -0.2) is 57.0 Å². The molecule has 31 heavy (non-hydrogen) atoms. The van der Waals surface area contributed by atoms with Crippen LogP contribution in [0.5, 0.6) is 0 Å². The van der Waals surface area contributed by atoms with Gasteiger partial charge in [-0.25, -0.2) is 13.9 Å². The number of hydrogen-bond donors (Lipinski definition) is 2. The van der Waals surface area contributed by atoms with Gasteiger partial charge in [-0.1, -0.05) is 24.5 Å². The number of benzene rings is 1. The maximum absolute atomic E-state index is 13.2. The molecule has 1 saturated carbocycles. The van der Waals surface area contributed by atoms with E-state index < -0.39 is 0 Å². The van der Waals surface area contributed by atoms with E-state index in [2.05, 4.69) is 20.9 Å². The standard InChI is InChI=1S/C22H29FN6O2/c1-15-20(26-27-29(15)19-9-7-16(23)8-10-19)21(30)24-18-11-13-28(14-12-18)22(31)25-17-5-3-2-4-6-17/h7-10,17-18H,2-6,11-14H2,1H3,(H,24,30)(H,25,31). The van der Waals surface area contributed by atoms with Gasteiger partial charge in [-0.15, -0.1) is 5.10 Å². The number of halogens is 1. The van der Waals surface area contributed by atoms with E-state index in [9.17, 15) is 14.0 Å². The molecule has 2 aliphatic rings. The Balaban J connectivity index is 1.29. The normalized spacial score (nSPS) is 18.1. The summed E-state index contributed by atoms with van der Waals surface area (Å²) in [5.41, 5.74) is 1.48. The predicted molar refractivity (Wildman–Crippen MR) is 114 cm³/mol. The molecule has 0 unspecified atom stereocenters. The van der Waals surface area contributed by atoms with Crippen molar-refractivity contribution in [2.75, 3.05) is 13.1 Å². The minimum absolute atomic E-state index is 0.00904. The van der Waals surface area contributed by atoms with Crippen molar-refractivity contribution >= 4 is 11.9 Å². The Bertz CT molecular complexity index is 915. The van der Waals surface area contributed by atoms with Crippen LogP contribution in [0.15, 0.2) is 24.3 Å². The molecular weight excluding hydrogens is 399 g/mol. The molecule has 2 fully saturated rings. The van der Waals surface area contributed by atoms with Crippen molar-refractivity contribution in [2.24, 2.45) is 0 Å². The molecule has 8 nitrogen and oxygen atoms in total. The summed E-state index contributed by atoms with van der Waals surface area (Å²) in [6.45, 7) is 2.99. The molecule has 2 heterocycles. The van der Waals surface area contributed by atoms with Gasteiger partial charge in [0.25, 0.3) is 5.91 Å². The highest BCUT2D eigenvalue weighted by molar-refractivity contribution is 5.93. The number of piperidine rings is 1. The van der Waals surface area contributed by atoms with Crippen molar-refractivity contribution in [2.45, 2.75) is 64.0 Å². The molecule has 1 aliphatic carbocycles. The Hall–Kier alpha value is -2.97. The van der Waals surface area contributed by atoms with Gasteiger partial charge in [0.2, 0.25) is 0 Å². The Morgan fingerprint density at radius 3 is 2.29 bits per heavy atom. The number of likely N-dealkylation sites (tertiary alicyclic amines) is 1. The monoisotopic (exact) mass is 428 g/mol. The fourth-order valence-electron chi connectivity index (χ4n) is 4.36. The Morgan fingerprint density at radius 1 is 0.968 bits per heavy atom. The molecule has 1 aromatic heterocycles. The SMILES string of the molecule is Cc1c(C(=O)NC2CCN(C(=O)NC3CCCCC3)CC2)nnn1-c1ccc(F)cc1. The minimum Gasteiger partial charge on any atom is -0.348 e. The largest absolute Gasteiger partial charge is 0.348 e. The average Bonchev–Trinajstić information content (AvgIpc) is 3.17. The first-order valence-electron chi connectivity index (χ1n) is 11.1. The van der Waals surface area contributed by atoms with Gasteiger partial charge in [0.1, 0.15) is 5.82 Å². The number of aromatic nitrogens is 3. The molecule has 9 heteroatoms. The molecule has 0 radical (unpaired) electrons. The predicted octanol–water partition coefficient (Wildman–Crippen LogP) is 2.95. The van der Waals surface area contributed by atoms with Crippen LogP contribution in [0.2, 0.25) is 0 Å². The summed E-state index contributed by atoms with van der Waals surface area (Å²) in [7, 11) is 0. The van der Waals surface area contributed by atoms with Crippen molar-refractivity contribution < 1.29 is 14.0 Å². The van der Waals surface area contributed by atoms with Crippen LogP contribution in [0.3, 0.4) is 0 Å². The van der Waals surface area contributed by atoms with Gasteiger partial charge >= 0.3 is 6.03 Å². The second-order valence-electron chi connectivity index (χ2n) is 8.43. The van der Waals surface area contributed by atoms with Crippen LogP contribution in [-0.2, 0) is 0 Å². The van der Waals surface area contributed by atoms with Crippen molar-refractivity contribution in [1.82, 2.24) is 30.5 Å². The van der Waals surface area contributed by atoms with E-state index in [0.717, 1.165) is 12.8 Å². The first kappa shape index (κ1) is 21.3. The third-order valence-electron chi connectivity index (χ3n) is 6.23. The molecule has 3 amide bonds. The highest BCUT2D eigenvalue weighted by atomic mass is 19.1. The second-order valence-corrected chi connectivity index (χ2v) is 8.43. The number of carbonyl (C=O) groups excluding carboxylic acids is 2. The molecule has 1 aromatic carbocycles. The number of nitrogens with one attached hydrogen (secondary N) is 2. The molecule has 1 aliphatic heterocycles. The van der Waals surface area contributed by atoms with Crippen LogP contribution in [0.1, 0.15) is 61.1 Å². The zero-order valence-corrected chi connectivity index (χ0v) is 17.8. The summed E-state index contributed by atoms with van der Waals surface area (Å²) in [5, 5.41) is 14.2. The third-order valence-corrected chi connectivity index (χ3v) is 6.23. The third kappa shape index (κ3) is 5.03. The molecule has 0 bridgehead atoms. The molecule has 4 rings (SSSR count). The fourth-order valence-corrected chi connectivity index (χ4v) is 4.36. The van der Waals surface area contributed by atoms with Gasteiger partial charge in [0.15, 0.2) is 5.69 Å². The zero-order valence-electron chi connectivity index (χ0n) is 17.8. The Morgan fingerprint density at radius 2 is 1.61 bits per heavy atom. The molecule has 0 spiro atoms. The van der Waals surface area contributed by atoms with Crippen molar-refractivity contribution in [1.29, 1.82) is 0 Å². The lowest BCUT2D eigenvalue weighted by Crippen LogP contribution is -2.51. The molecule has 2 N–H and O–H groups in total. The first-order valence-corrected chi connectivity index (χ1v) is 11.1. The lowest BCUT2D eigenvalue weighted by molar-refractivity contribution is 0.0911. The topological polar surface area (TPSA) is 92.2 Å². The second kappa shape index (κ2) is 9.45. The number of amides is 3. The lowest BCUT2D eigenvalue weighted by atomic mass is 9.95. The van der Waals surface area contributed by atoms with E-state index in [-0.39, 0.29) is 29.5 Å². The maximum Gasteiger partial charge on any atom is 0.317 e. The van der Waals surface area contributed by atoms with Crippen molar-refractivity contribution in [3.8, 4) is 5.69 Å². The van der Waals surface area contributed by atoms with E-state index >= 15 is 0 Å². The molecule has 2 aromatic rings. The van der Waals surface area contributed by atoms with Crippen LogP contribution < -0.4 is 10.6 Å². The van der Waals surface area contributed by atoms with Crippen molar-refractivity contribution in [3.63, 3.8) is 0 Å². The number of urea groups is 1. The van der Waals surface area contributed by atoms with Crippen LogP contribution in [0.25, 0.3) is 5.69 Å². The summed E-state index contributed by atoms with van der Waals surface area (Å²) in [4.78, 5) is 27.1. The van der Waals surface area contributed by atoms with Crippen LogP contribution in [0.4, 0.5) is 9.18 Å². The number of carbonyl (C=O) groups is 2. The van der Waals surface area contributed by atoms with Gasteiger partial charge in [0, 0.05) is 25.2 Å². The van der Waals surface area contributed by atoms with Crippen molar-refractivity contribution in [3.05, 3.63) is 41.5 Å². The quantitative estimate of drug-likeness (QED) is 0.783. The van der Waals surface area contributed by atoms with Gasteiger partial charge < -0.3 is 15.5 Å².